The van der Waals surface area contributed by atoms with Gasteiger partial charge in [0.05, 0.1) is 11.6 Å². The van der Waals surface area contributed by atoms with E-state index in [1.807, 2.05) is 18.2 Å². The van der Waals surface area contributed by atoms with E-state index >= 15 is 0 Å². The Morgan fingerprint density at radius 1 is 1.12 bits per heavy atom. The molecule has 1 aromatic carbocycles. The van der Waals surface area contributed by atoms with Crippen LogP contribution in [0.5, 0.6) is 0 Å². The Balaban J connectivity index is 1.23. The Kier molecular flexibility index (Phi) is 7.35. The van der Waals surface area contributed by atoms with E-state index in [-0.39, 0.29) is 29.2 Å². The molecule has 3 aliphatic rings. The minimum atomic E-state index is -0.463. The second kappa shape index (κ2) is 10.9. The fraction of sp³-hybridized carbons (Fsp3) is 0.516. The third-order valence-electron chi connectivity index (χ3n) is 9.00. The second-order valence-electron chi connectivity index (χ2n) is 12.1. The van der Waals surface area contributed by atoms with E-state index in [1.54, 1.807) is 6.20 Å². The van der Waals surface area contributed by atoms with Crippen molar-refractivity contribution >= 4 is 11.7 Å². The summed E-state index contributed by atoms with van der Waals surface area (Å²) in [5, 5.41) is 3.65. The summed E-state index contributed by atoms with van der Waals surface area (Å²) in [4.78, 5) is 38.3. The molecule has 0 unspecified atom stereocenters. The Labute approximate surface area is 234 Å². The highest BCUT2D eigenvalue weighted by atomic mass is 19.1. The summed E-state index contributed by atoms with van der Waals surface area (Å²) < 4.78 is 15.2. The van der Waals surface area contributed by atoms with Crippen LogP contribution in [0, 0.1) is 5.82 Å². The van der Waals surface area contributed by atoms with E-state index in [1.165, 1.54) is 28.3 Å². The van der Waals surface area contributed by atoms with E-state index < -0.39 is 5.82 Å². The van der Waals surface area contributed by atoms with Gasteiger partial charge in [0.2, 0.25) is 0 Å². The molecule has 212 valence electrons. The van der Waals surface area contributed by atoms with Crippen molar-refractivity contribution in [3.05, 3.63) is 82.2 Å². The number of hydrogen-bond acceptors (Lipinski definition) is 5. The molecule has 6 rings (SSSR count). The quantitative estimate of drug-likeness (QED) is 0.520. The summed E-state index contributed by atoms with van der Waals surface area (Å²) in [7, 11) is 0. The maximum atomic E-state index is 14.2. The molecule has 2 amide bonds. The molecule has 1 saturated carbocycles. The van der Waals surface area contributed by atoms with Crippen LogP contribution in [-0.4, -0.2) is 73.9 Å². The molecule has 2 saturated heterocycles. The molecule has 2 aromatic heterocycles. The van der Waals surface area contributed by atoms with Crippen molar-refractivity contribution in [1.82, 2.24) is 29.4 Å². The van der Waals surface area contributed by atoms with E-state index in [9.17, 15) is 14.0 Å². The first-order valence-electron chi connectivity index (χ1n) is 14.6. The van der Waals surface area contributed by atoms with Crippen molar-refractivity contribution in [3.63, 3.8) is 0 Å². The highest BCUT2D eigenvalue weighted by molar-refractivity contribution is 5.76. The highest BCUT2D eigenvalue weighted by Crippen LogP contribution is 2.40. The van der Waals surface area contributed by atoms with Crippen molar-refractivity contribution in [3.8, 4) is 0 Å². The molecular formula is C31H39FN6O2. The van der Waals surface area contributed by atoms with Gasteiger partial charge in [-0.05, 0) is 37.0 Å². The van der Waals surface area contributed by atoms with Crippen molar-refractivity contribution in [2.75, 3.05) is 26.2 Å². The summed E-state index contributed by atoms with van der Waals surface area (Å²) in [6.07, 6.45) is 7.94. The third kappa shape index (κ3) is 5.12. The standard InChI is InChI=1S/C31H39FN6O2/c1-22(2)34-26-16-27(23-8-4-3-5-9-23)37(20-26)30(40)35-14-15-36(31(21-35)12-6-7-13-31)18-24-17-33-28-11-10-25(32)19-38(28)29(24)39/h3-5,8-11,17,19,22,26-27,34H,6-7,12-16,18,20-21H2,1-2H3/t26-,27-/m0/s1. The third-order valence-corrected chi connectivity index (χ3v) is 9.00. The van der Waals surface area contributed by atoms with Crippen LogP contribution in [0.15, 0.2) is 59.7 Å². The number of rotatable bonds is 5. The number of aromatic nitrogens is 2. The lowest BCUT2D eigenvalue weighted by atomic mass is 9.91. The molecule has 8 nitrogen and oxygen atoms in total. The number of piperazine rings is 1. The molecule has 1 spiro atoms. The molecule has 0 radical (unpaired) electrons. The molecule has 2 atom stereocenters. The first kappa shape index (κ1) is 26.9. The Hall–Kier alpha value is -3.30. The van der Waals surface area contributed by atoms with Gasteiger partial charge in [0.25, 0.3) is 5.56 Å². The maximum absolute atomic E-state index is 14.2. The predicted molar refractivity (Wildman–Crippen MR) is 153 cm³/mol. The zero-order chi connectivity index (χ0) is 27.9. The Morgan fingerprint density at radius 2 is 1.90 bits per heavy atom. The van der Waals surface area contributed by atoms with Gasteiger partial charge in [-0.3, -0.25) is 14.1 Å². The van der Waals surface area contributed by atoms with Gasteiger partial charge in [0.15, 0.2) is 0 Å². The van der Waals surface area contributed by atoms with E-state index in [4.69, 9.17) is 0 Å². The van der Waals surface area contributed by atoms with Crippen LogP contribution >= 0.6 is 0 Å². The van der Waals surface area contributed by atoms with Crippen molar-refractivity contribution in [1.29, 1.82) is 0 Å². The number of nitrogens with one attached hydrogen (secondary N) is 1. The van der Waals surface area contributed by atoms with Crippen LogP contribution in [0.2, 0.25) is 0 Å². The predicted octanol–water partition coefficient (Wildman–Crippen LogP) is 4.20. The lowest BCUT2D eigenvalue weighted by Crippen LogP contribution is -2.63. The number of pyridine rings is 1. The zero-order valence-electron chi connectivity index (χ0n) is 23.4. The van der Waals surface area contributed by atoms with Gasteiger partial charge in [-0.1, -0.05) is 57.0 Å². The van der Waals surface area contributed by atoms with E-state index in [0.29, 0.717) is 50.0 Å². The molecular weight excluding hydrogens is 507 g/mol. The average Bonchev–Trinajstić information content (AvgIpc) is 3.59. The molecule has 1 N–H and O–H groups in total. The first-order chi connectivity index (χ1) is 19.3. The van der Waals surface area contributed by atoms with E-state index in [0.717, 1.165) is 32.1 Å². The van der Waals surface area contributed by atoms with Gasteiger partial charge < -0.3 is 15.1 Å². The lowest BCUT2D eigenvalue weighted by molar-refractivity contribution is 0.00205. The van der Waals surface area contributed by atoms with Gasteiger partial charge in [-0.25, -0.2) is 14.2 Å². The van der Waals surface area contributed by atoms with Gasteiger partial charge in [-0.2, -0.15) is 0 Å². The van der Waals surface area contributed by atoms with Crippen LogP contribution in [0.4, 0.5) is 9.18 Å². The molecule has 1 aliphatic carbocycles. The molecule has 3 aromatic rings. The van der Waals surface area contributed by atoms with Gasteiger partial charge in [0.1, 0.15) is 11.5 Å². The SMILES string of the molecule is CC(C)N[C@H]1C[C@@H](c2ccccc2)N(C(=O)N2CCN(Cc3cnc4ccc(F)cn4c3=O)C3(CCCC3)C2)C1. The van der Waals surface area contributed by atoms with Crippen LogP contribution in [0.25, 0.3) is 5.65 Å². The van der Waals surface area contributed by atoms with Crippen molar-refractivity contribution < 1.29 is 9.18 Å². The average molecular weight is 547 g/mol. The fourth-order valence-corrected chi connectivity index (χ4v) is 7.15. The van der Waals surface area contributed by atoms with Crippen LogP contribution < -0.4 is 10.9 Å². The van der Waals surface area contributed by atoms with E-state index in [2.05, 4.69) is 51.0 Å². The van der Waals surface area contributed by atoms with Gasteiger partial charge >= 0.3 is 6.03 Å². The number of benzene rings is 1. The highest BCUT2D eigenvalue weighted by Gasteiger charge is 2.47. The minimum absolute atomic E-state index is 0.0478. The summed E-state index contributed by atoms with van der Waals surface area (Å²) in [5.41, 5.74) is 1.77. The molecule has 4 heterocycles. The van der Waals surface area contributed by atoms with Crippen LogP contribution in [-0.2, 0) is 6.54 Å². The number of hydrogen-bond donors (Lipinski definition) is 1. The molecule has 0 bridgehead atoms. The Bertz CT molecular complexity index is 1420. The largest absolute Gasteiger partial charge is 0.321 e. The number of carbonyl (C=O) groups excluding carboxylic acids is 1. The van der Waals surface area contributed by atoms with Gasteiger partial charge in [-0.15, -0.1) is 0 Å². The van der Waals surface area contributed by atoms with Crippen molar-refractivity contribution in [2.24, 2.45) is 0 Å². The zero-order valence-corrected chi connectivity index (χ0v) is 23.4. The van der Waals surface area contributed by atoms with Gasteiger partial charge in [0, 0.05) is 62.7 Å². The summed E-state index contributed by atoms with van der Waals surface area (Å²) in [6.45, 7) is 7.40. The Morgan fingerprint density at radius 3 is 2.65 bits per heavy atom. The van der Waals surface area contributed by atoms with Crippen LogP contribution in [0.3, 0.4) is 0 Å². The summed E-state index contributed by atoms with van der Waals surface area (Å²) in [5.74, 6) is -0.463. The molecule has 3 fully saturated rings. The second-order valence-corrected chi connectivity index (χ2v) is 12.1. The number of urea groups is 1. The smallest absolute Gasteiger partial charge is 0.320 e. The fourth-order valence-electron chi connectivity index (χ4n) is 7.15. The number of nitrogens with zero attached hydrogens (tertiary/aromatic N) is 5. The number of amides is 2. The monoisotopic (exact) mass is 546 g/mol. The topological polar surface area (TPSA) is 73.2 Å². The number of fused-ring (bicyclic) bond motifs is 1. The first-order valence-corrected chi connectivity index (χ1v) is 14.6. The maximum Gasteiger partial charge on any atom is 0.320 e. The number of halogens is 1. The molecule has 2 aliphatic heterocycles. The summed E-state index contributed by atoms with van der Waals surface area (Å²) >= 11 is 0. The minimum Gasteiger partial charge on any atom is -0.321 e. The van der Waals surface area contributed by atoms with Crippen molar-refractivity contribution in [2.45, 2.75) is 76.2 Å². The normalized spacial score (nSPS) is 23.1. The molecule has 40 heavy (non-hydrogen) atoms. The molecule has 9 heteroatoms. The lowest BCUT2D eigenvalue weighted by Gasteiger charge is -2.50. The number of likely N-dealkylation sites (tertiary alicyclic amines) is 1. The van der Waals surface area contributed by atoms with Crippen LogP contribution in [0.1, 0.15) is 63.1 Å². The number of carbonyl (C=O) groups is 1. The summed E-state index contributed by atoms with van der Waals surface area (Å²) in [6, 6.07) is 14.0.